The monoisotopic (exact) mass is 348 g/mol. The highest BCUT2D eigenvalue weighted by atomic mass is 32.2. The zero-order valence-corrected chi connectivity index (χ0v) is 14.2. The summed E-state index contributed by atoms with van der Waals surface area (Å²) in [5, 5.41) is 25.6. The molecule has 1 aromatic heterocycles. The Hall–Kier alpha value is -2.06. The van der Waals surface area contributed by atoms with Crippen LogP contribution in [0.3, 0.4) is 0 Å². The summed E-state index contributed by atoms with van der Waals surface area (Å²) in [5.74, 6) is 0. The van der Waals surface area contributed by atoms with Crippen molar-refractivity contribution < 1.29 is 10.0 Å². The van der Waals surface area contributed by atoms with Gasteiger partial charge in [0.2, 0.25) is 0 Å². The lowest BCUT2D eigenvalue weighted by Crippen LogP contribution is -2.35. The van der Waals surface area contributed by atoms with Crippen LogP contribution in [-0.4, -0.2) is 44.3 Å². The number of nitrogens with zero attached hydrogens (tertiary/aromatic N) is 4. The van der Waals surface area contributed by atoms with E-state index in [1.807, 2.05) is 23.9 Å². The van der Waals surface area contributed by atoms with Crippen LogP contribution >= 0.6 is 11.8 Å². The van der Waals surface area contributed by atoms with Gasteiger partial charge < -0.3 is 10.0 Å². The fourth-order valence-electron chi connectivity index (χ4n) is 2.82. The molecule has 0 saturated heterocycles. The zero-order chi connectivity index (χ0) is 17.1. The number of β-amino-alcohol motifs (C(OH)–C–C–N with tert-alkyl or cyclic N) is 1. The molecular weight excluding hydrogens is 328 g/mol. The maximum atomic E-state index is 10.7. The second kappa shape index (κ2) is 7.23. The maximum Gasteiger partial charge on any atom is 0.306 e. The number of hydrogen-bond acceptors (Lipinski definition) is 6. The van der Waals surface area contributed by atoms with E-state index in [1.54, 1.807) is 0 Å². The van der Waals surface area contributed by atoms with Crippen molar-refractivity contribution in [3.63, 3.8) is 0 Å². The van der Waals surface area contributed by atoms with Gasteiger partial charge in [-0.3, -0.25) is 14.8 Å². The lowest BCUT2D eigenvalue weighted by Gasteiger charge is -2.27. The van der Waals surface area contributed by atoms with E-state index in [4.69, 9.17) is 0 Å². The molecule has 8 heteroatoms. The first kappa shape index (κ1) is 16.8. The second-order valence-electron chi connectivity index (χ2n) is 5.96. The highest BCUT2D eigenvalue weighted by Gasteiger charge is 2.22. The van der Waals surface area contributed by atoms with Gasteiger partial charge in [-0.2, -0.15) is 5.10 Å². The van der Waals surface area contributed by atoms with Crippen LogP contribution < -0.4 is 4.90 Å². The van der Waals surface area contributed by atoms with Crippen LogP contribution in [0.15, 0.2) is 41.6 Å². The van der Waals surface area contributed by atoms with Crippen molar-refractivity contribution in [2.75, 3.05) is 18.0 Å². The SMILES string of the molecule is C[C@H]1CCN(C[C@H](O)Cn2cc([N+](=O)[O-])cn2)c2ccccc2S1. The molecule has 1 aliphatic heterocycles. The Balaban J connectivity index is 1.69. The summed E-state index contributed by atoms with van der Waals surface area (Å²) < 4.78 is 1.42. The van der Waals surface area contributed by atoms with Crippen LogP contribution in [0.5, 0.6) is 0 Å². The topological polar surface area (TPSA) is 84.4 Å². The first-order valence-electron chi connectivity index (χ1n) is 7.88. The molecule has 1 aromatic carbocycles. The number of benzene rings is 1. The maximum absolute atomic E-state index is 10.7. The van der Waals surface area contributed by atoms with Crippen molar-refractivity contribution in [3.8, 4) is 0 Å². The number of para-hydroxylation sites is 1. The van der Waals surface area contributed by atoms with E-state index in [9.17, 15) is 15.2 Å². The van der Waals surface area contributed by atoms with Gasteiger partial charge in [-0.1, -0.05) is 19.1 Å². The Bertz CT molecular complexity index is 721. The van der Waals surface area contributed by atoms with E-state index in [0.29, 0.717) is 11.8 Å². The average molecular weight is 348 g/mol. The normalized spacial score (nSPS) is 18.8. The molecule has 0 spiro atoms. The van der Waals surface area contributed by atoms with E-state index < -0.39 is 11.0 Å². The molecule has 0 saturated carbocycles. The van der Waals surface area contributed by atoms with Crippen LogP contribution in [0.25, 0.3) is 0 Å². The van der Waals surface area contributed by atoms with Gasteiger partial charge in [0.05, 0.1) is 23.3 Å². The Kier molecular flexibility index (Phi) is 5.06. The van der Waals surface area contributed by atoms with Crippen molar-refractivity contribution in [2.45, 2.75) is 36.1 Å². The van der Waals surface area contributed by atoms with Crippen molar-refractivity contribution in [1.82, 2.24) is 9.78 Å². The minimum Gasteiger partial charge on any atom is -0.389 e. The van der Waals surface area contributed by atoms with Crippen molar-refractivity contribution in [3.05, 3.63) is 46.8 Å². The summed E-state index contributed by atoms with van der Waals surface area (Å²) >= 11 is 1.86. The number of anilines is 1. The summed E-state index contributed by atoms with van der Waals surface area (Å²) in [6, 6.07) is 8.22. The molecule has 0 unspecified atom stereocenters. The average Bonchev–Trinajstić information content (AvgIpc) is 2.94. The van der Waals surface area contributed by atoms with Gasteiger partial charge in [0, 0.05) is 23.2 Å². The Morgan fingerprint density at radius 2 is 2.25 bits per heavy atom. The van der Waals surface area contributed by atoms with Crippen molar-refractivity contribution >= 4 is 23.1 Å². The first-order valence-corrected chi connectivity index (χ1v) is 8.76. The van der Waals surface area contributed by atoms with Crippen LogP contribution in [0.4, 0.5) is 11.4 Å². The Morgan fingerprint density at radius 3 is 3.00 bits per heavy atom. The number of nitro groups is 1. The molecule has 3 rings (SSSR count). The summed E-state index contributed by atoms with van der Waals surface area (Å²) in [5.41, 5.74) is 1.07. The molecule has 1 aliphatic rings. The number of hydrogen-bond donors (Lipinski definition) is 1. The molecule has 24 heavy (non-hydrogen) atoms. The molecule has 128 valence electrons. The van der Waals surface area contributed by atoms with Gasteiger partial charge >= 0.3 is 5.69 Å². The van der Waals surface area contributed by atoms with E-state index in [1.165, 1.54) is 22.0 Å². The summed E-state index contributed by atoms with van der Waals surface area (Å²) in [6.07, 6.45) is 2.93. The van der Waals surface area contributed by atoms with E-state index >= 15 is 0 Å². The highest BCUT2D eigenvalue weighted by molar-refractivity contribution is 8.00. The second-order valence-corrected chi connectivity index (χ2v) is 7.44. The molecular formula is C16H20N4O3S. The predicted octanol–water partition coefficient (Wildman–Crippen LogP) is 2.54. The number of fused-ring (bicyclic) bond motifs is 1. The quantitative estimate of drug-likeness (QED) is 0.660. The molecule has 2 atom stereocenters. The number of thioether (sulfide) groups is 1. The lowest BCUT2D eigenvalue weighted by atomic mass is 10.2. The van der Waals surface area contributed by atoms with Crippen LogP contribution in [0.2, 0.25) is 0 Å². The van der Waals surface area contributed by atoms with Gasteiger partial charge in [-0.15, -0.1) is 11.8 Å². The van der Waals surface area contributed by atoms with Crippen LogP contribution in [0, 0.1) is 10.1 Å². The van der Waals surface area contributed by atoms with Crippen molar-refractivity contribution in [1.29, 1.82) is 0 Å². The fourth-order valence-corrected chi connectivity index (χ4v) is 3.95. The zero-order valence-electron chi connectivity index (χ0n) is 13.4. The largest absolute Gasteiger partial charge is 0.389 e. The fraction of sp³-hybridized carbons (Fsp3) is 0.438. The third-order valence-corrected chi connectivity index (χ3v) is 5.24. The third-order valence-electron chi connectivity index (χ3n) is 4.00. The molecule has 1 N–H and O–H groups in total. The van der Waals surface area contributed by atoms with E-state index in [2.05, 4.69) is 29.1 Å². The van der Waals surface area contributed by atoms with Crippen LogP contribution in [-0.2, 0) is 6.54 Å². The summed E-state index contributed by atoms with van der Waals surface area (Å²) in [7, 11) is 0. The molecule has 0 fully saturated rings. The Morgan fingerprint density at radius 1 is 1.46 bits per heavy atom. The highest BCUT2D eigenvalue weighted by Crippen LogP contribution is 2.37. The number of rotatable bonds is 5. The predicted molar refractivity (Wildman–Crippen MR) is 93.5 cm³/mol. The minimum absolute atomic E-state index is 0.0625. The summed E-state index contributed by atoms with van der Waals surface area (Å²) in [6.45, 7) is 3.79. The van der Waals surface area contributed by atoms with Gasteiger partial charge in [0.1, 0.15) is 12.4 Å². The minimum atomic E-state index is -0.657. The molecule has 2 aromatic rings. The van der Waals surface area contributed by atoms with Gasteiger partial charge in [0.15, 0.2) is 0 Å². The van der Waals surface area contributed by atoms with Crippen LogP contribution in [0.1, 0.15) is 13.3 Å². The number of aliphatic hydroxyl groups is 1. The number of aliphatic hydroxyl groups excluding tert-OH is 1. The molecule has 0 aliphatic carbocycles. The molecule has 0 amide bonds. The standard InChI is InChI=1S/C16H20N4O3S/c1-12-6-7-18(15-4-2-3-5-16(15)24-12)10-14(21)11-19-9-13(8-17-19)20(22)23/h2-5,8-9,12,14,21H,6-7,10-11H2,1H3/t12-,14-/m0/s1. The van der Waals surface area contributed by atoms with Gasteiger partial charge in [0.25, 0.3) is 0 Å². The third kappa shape index (κ3) is 3.88. The van der Waals surface area contributed by atoms with Gasteiger partial charge in [-0.05, 0) is 18.6 Å². The lowest BCUT2D eigenvalue weighted by molar-refractivity contribution is -0.385. The first-order chi connectivity index (χ1) is 11.5. The van der Waals surface area contributed by atoms with E-state index in [-0.39, 0.29) is 12.2 Å². The molecule has 7 nitrogen and oxygen atoms in total. The van der Waals surface area contributed by atoms with Gasteiger partial charge in [-0.25, -0.2) is 0 Å². The summed E-state index contributed by atoms with van der Waals surface area (Å²) in [4.78, 5) is 13.6. The number of aromatic nitrogens is 2. The molecule has 0 radical (unpaired) electrons. The molecule has 0 bridgehead atoms. The van der Waals surface area contributed by atoms with Crippen molar-refractivity contribution in [2.24, 2.45) is 0 Å². The Labute approximate surface area is 144 Å². The smallest absolute Gasteiger partial charge is 0.306 e. The van der Waals surface area contributed by atoms with E-state index in [0.717, 1.165) is 18.7 Å². The molecule has 2 heterocycles.